The number of carbonyl (C=O) groups excluding carboxylic acids is 3. The number of urea groups is 1. The molecule has 4 amide bonds. The summed E-state index contributed by atoms with van der Waals surface area (Å²) < 4.78 is 42.3. The highest BCUT2D eigenvalue weighted by Gasteiger charge is 2.37. The summed E-state index contributed by atoms with van der Waals surface area (Å²) in [4.78, 5) is 51.4. The Kier molecular flexibility index (Phi) is 10.2. The number of likely N-dealkylation sites (tertiary alicyclic amines) is 2. The molecule has 0 radical (unpaired) electrons. The summed E-state index contributed by atoms with van der Waals surface area (Å²) in [6.45, 7) is 6.61. The van der Waals surface area contributed by atoms with Gasteiger partial charge < -0.3 is 24.9 Å². The van der Waals surface area contributed by atoms with Crippen LogP contribution >= 0.6 is 0 Å². The number of aromatic amines is 1. The van der Waals surface area contributed by atoms with Gasteiger partial charge in [-0.2, -0.15) is 18.3 Å². The van der Waals surface area contributed by atoms with E-state index in [0.717, 1.165) is 62.8 Å². The molecule has 4 aliphatic heterocycles. The number of amides is 4. The lowest BCUT2D eigenvalue weighted by Gasteiger charge is -2.42. The third-order valence-electron chi connectivity index (χ3n) is 11.4. The molecule has 3 saturated heterocycles. The minimum atomic E-state index is -4.61. The lowest BCUT2D eigenvalue weighted by molar-refractivity contribution is -0.143. The van der Waals surface area contributed by atoms with E-state index in [1.54, 1.807) is 11.0 Å². The number of H-pyrrole nitrogens is 1. The van der Waals surface area contributed by atoms with Crippen molar-refractivity contribution in [1.82, 2.24) is 34.7 Å². The molecule has 274 valence electrons. The number of hydrogen-bond donors (Lipinski definition) is 2. The number of benzene rings is 2. The van der Waals surface area contributed by atoms with E-state index < -0.39 is 17.7 Å². The number of aromatic nitrogens is 2. The van der Waals surface area contributed by atoms with Crippen LogP contribution in [0.25, 0.3) is 10.9 Å². The van der Waals surface area contributed by atoms with Crippen LogP contribution in [0.1, 0.15) is 48.8 Å². The van der Waals surface area contributed by atoms with Crippen LogP contribution in [0.5, 0.6) is 0 Å². The molecule has 11 nitrogen and oxygen atoms in total. The third-order valence-corrected chi connectivity index (χ3v) is 11.4. The molecular weight excluding hydrogens is 661 g/mol. The van der Waals surface area contributed by atoms with Gasteiger partial charge in [-0.05, 0) is 74.9 Å². The van der Waals surface area contributed by atoms with Crippen molar-refractivity contribution in [2.45, 2.75) is 63.2 Å². The third kappa shape index (κ3) is 7.86. The monoisotopic (exact) mass is 708 g/mol. The zero-order valence-corrected chi connectivity index (χ0v) is 29.1. The molecule has 5 heterocycles. The minimum absolute atomic E-state index is 0.0120. The largest absolute Gasteiger partial charge is 0.418 e. The first-order valence-electron chi connectivity index (χ1n) is 18.2. The zero-order valence-electron chi connectivity index (χ0n) is 29.1. The summed E-state index contributed by atoms with van der Waals surface area (Å²) in [5.74, 6) is -1.18. The van der Waals surface area contributed by atoms with Gasteiger partial charge in [0.2, 0.25) is 11.8 Å². The van der Waals surface area contributed by atoms with E-state index in [9.17, 15) is 27.6 Å². The highest BCUT2D eigenvalue weighted by molar-refractivity contribution is 5.91. The predicted octanol–water partition coefficient (Wildman–Crippen LogP) is 4.45. The van der Waals surface area contributed by atoms with Crippen molar-refractivity contribution in [2.75, 3.05) is 71.3 Å². The molecule has 0 aliphatic carbocycles. The predicted molar refractivity (Wildman–Crippen MR) is 187 cm³/mol. The van der Waals surface area contributed by atoms with Gasteiger partial charge in [0.15, 0.2) is 0 Å². The van der Waals surface area contributed by atoms with Crippen molar-refractivity contribution < 1.29 is 27.6 Å². The fourth-order valence-corrected chi connectivity index (χ4v) is 8.39. The van der Waals surface area contributed by atoms with Crippen LogP contribution < -0.4 is 5.32 Å². The minimum Gasteiger partial charge on any atom is -0.343 e. The van der Waals surface area contributed by atoms with E-state index in [-0.39, 0.29) is 42.2 Å². The Morgan fingerprint density at radius 3 is 2.31 bits per heavy atom. The molecule has 7 rings (SSSR count). The molecule has 0 bridgehead atoms. The lowest BCUT2D eigenvalue weighted by atomic mass is 9.90. The van der Waals surface area contributed by atoms with E-state index in [2.05, 4.69) is 32.4 Å². The van der Waals surface area contributed by atoms with Gasteiger partial charge in [-0.25, -0.2) is 4.79 Å². The SMILES string of the molecule is CN1CCN(C2CCN(C(=O)C(CC(=O)N3CCC(N4CCc5ccccc5NC4=O)CC3)Cc3cc(C(F)(F)F)c4[nH]ncc4c3)CC2)CC1. The topological polar surface area (TPSA) is 108 Å². The van der Waals surface area contributed by atoms with Gasteiger partial charge in [0.1, 0.15) is 0 Å². The average molecular weight is 709 g/mol. The molecule has 14 heteroatoms. The maximum Gasteiger partial charge on any atom is 0.418 e. The standard InChI is InChI=1S/C37H47F3N8O3/c1-44-16-18-45(19-17-44)29-7-13-47(14-8-29)35(50)27(20-25-21-28-24-41-43-34(28)31(22-25)37(38,39)40)23-33(49)46-11-9-30(10-12-46)48-15-6-26-4-2-3-5-32(26)42-36(48)51/h2-5,21-22,24,27,29-30H,6-20,23H2,1H3,(H,41,43)(H,42,51). The molecule has 1 aromatic heterocycles. The van der Waals surface area contributed by atoms with Crippen LogP contribution in [-0.4, -0.2) is 131 Å². The smallest absolute Gasteiger partial charge is 0.343 e. The van der Waals surface area contributed by atoms with Crippen LogP contribution in [0.2, 0.25) is 0 Å². The first kappa shape index (κ1) is 35.2. The highest BCUT2D eigenvalue weighted by Crippen LogP contribution is 2.36. The number of anilines is 1. The van der Waals surface area contributed by atoms with Crippen molar-refractivity contribution >= 4 is 34.4 Å². The summed E-state index contributed by atoms with van der Waals surface area (Å²) in [5, 5.41) is 9.62. The van der Waals surface area contributed by atoms with Crippen LogP contribution in [0.4, 0.5) is 23.7 Å². The number of piperidine rings is 2. The zero-order chi connectivity index (χ0) is 35.7. The Hall–Kier alpha value is -4.17. The molecule has 51 heavy (non-hydrogen) atoms. The Morgan fingerprint density at radius 1 is 0.902 bits per heavy atom. The van der Waals surface area contributed by atoms with E-state index in [0.29, 0.717) is 62.6 Å². The fraction of sp³-hybridized carbons (Fsp3) is 0.568. The van der Waals surface area contributed by atoms with E-state index in [4.69, 9.17) is 0 Å². The fourth-order valence-electron chi connectivity index (χ4n) is 8.39. The number of para-hydroxylation sites is 1. The number of hydrogen-bond acceptors (Lipinski definition) is 6. The maximum atomic E-state index is 14.2. The molecule has 3 fully saturated rings. The summed E-state index contributed by atoms with van der Waals surface area (Å²) in [5.41, 5.74) is 1.34. The Bertz CT molecular complexity index is 1720. The molecule has 1 unspecified atom stereocenters. The second-order valence-electron chi connectivity index (χ2n) is 14.6. The molecule has 2 N–H and O–H groups in total. The second-order valence-corrected chi connectivity index (χ2v) is 14.6. The number of alkyl halides is 3. The summed E-state index contributed by atoms with van der Waals surface area (Å²) in [6.07, 6.45) is 0.288. The molecule has 0 saturated carbocycles. The van der Waals surface area contributed by atoms with Gasteiger partial charge in [-0.3, -0.25) is 19.6 Å². The molecule has 2 aromatic carbocycles. The summed E-state index contributed by atoms with van der Waals surface area (Å²) >= 11 is 0. The van der Waals surface area contributed by atoms with Crippen molar-refractivity contribution in [2.24, 2.45) is 5.92 Å². The number of nitrogens with zero attached hydrogens (tertiary/aromatic N) is 6. The number of fused-ring (bicyclic) bond motifs is 2. The van der Waals surface area contributed by atoms with Gasteiger partial charge >= 0.3 is 12.2 Å². The Balaban J connectivity index is 1.03. The van der Waals surface area contributed by atoms with Gasteiger partial charge in [0, 0.05) is 88.5 Å². The number of nitrogens with one attached hydrogen (secondary N) is 2. The van der Waals surface area contributed by atoms with Crippen molar-refractivity contribution in [3.05, 3.63) is 59.3 Å². The first-order valence-corrected chi connectivity index (χ1v) is 18.2. The van der Waals surface area contributed by atoms with E-state index >= 15 is 0 Å². The maximum absolute atomic E-state index is 14.2. The number of halogens is 3. The van der Waals surface area contributed by atoms with E-state index in [1.165, 1.54) is 6.20 Å². The van der Waals surface area contributed by atoms with Gasteiger partial charge in [0.05, 0.1) is 23.2 Å². The van der Waals surface area contributed by atoms with Crippen molar-refractivity contribution in [3.63, 3.8) is 0 Å². The highest BCUT2D eigenvalue weighted by atomic mass is 19.4. The van der Waals surface area contributed by atoms with Gasteiger partial charge in [-0.1, -0.05) is 18.2 Å². The summed E-state index contributed by atoms with van der Waals surface area (Å²) in [6, 6.07) is 10.7. The number of likely N-dealkylation sites (N-methyl/N-ethyl adjacent to an activating group) is 1. The van der Waals surface area contributed by atoms with Crippen LogP contribution in [0.3, 0.4) is 0 Å². The van der Waals surface area contributed by atoms with Crippen LogP contribution in [-0.2, 0) is 28.6 Å². The molecule has 4 aliphatic rings. The Labute approximate surface area is 296 Å². The van der Waals surface area contributed by atoms with Crippen molar-refractivity contribution in [1.29, 1.82) is 0 Å². The average Bonchev–Trinajstić information content (AvgIpc) is 3.53. The van der Waals surface area contributed by atoms with Gasteiger partial charge in [0.25, 0.3) is 0 Å². The summed E-state index contributed by atoms with van der Waals surface area (Å²) in [7, 11) is 2.12. The normalized spacial score (nSPS) is 21.0. The second kappa shape index (κ2) is 14.8. The number of rotatable bonds is 7. The van der Waals surface area contributed by atoms with Crippen LogP contribution in [0, 0.1) is 5.92 Å². The quantitative estimate of drug-likeness (QED) is 0.376. The molecule has 3 aromatic rings. The molecule has 0 spiro atoms. The lowest BCUT2D eigenvalue weighted by Crippen LogP contribution is -2.53. The molecular formula is C37H47F3N8O3. The van der Waals surface area contributed by atoms with Crippen LogP contribution in [0.15, 0.2) is 42.6 Å². The number of carbonyl (C=O) groups is 3. The molecule has 1 atom stereocenters. The number of piperazine rings is 1. The van der Waals surface area contributed by atoms with Crippen molar-refractivity contribution in [3.8, 4) is 0 Å². The van der Waals surface area contributed by atoms with E-state index in [1.807, 2.05) is 34.1 Å². The first-order chi connectivity index (χ1) is 24.5. The Morgan fingerprint density at radius 2 is 1.59 bits per heavy atom. The van der Waals surface area contributed by atoms with Gasteiger partial charge in [-0.15, -0.1) is 0 Å².